The molecule has 0 aromatic carbocycles. The van der Waals surface area contributed by atoms with Crippen molar-refractivity contribution in [2.24, 2.45) is 11.8 Å². The Morgan fingerprint density at radius 2 is 1.40 bits per heavy atom. The Morgan fingerprint density at radius 3 is 1.60 bits per heavy atom. The summed E-state index contributed by atoms with van der Waals surface area (Å²) in [6.45, 7) is 7.55. The van der Waals surface area contributed by atoms with E-state index >= 15 is 0 Å². The molecule has 2 atom stereocenters. The Labute approximate surface area is 61.9 Å². The normalized spacial score (nSPS) is 42.8. The van der Waals surface area contributed by atoms with Gasteiger partial charge in [-0.15, -0.1) is 13.2 Å². The lowest BCUT2D eigenvalue weighted by molar-refractivity contribution is 1.15. The number of hydrogen-bond donors (Lipinski definition) is 0. The molecule has 0 aromatic heterocycles. The van der Waals surface area contributed by atoms with Crippen molar-refractivity contribution in [1.82, 2.24) is 0 Å². The summed E-state index contributed by atoms with van der Waals surface area (Å²) in [5.74, 6) is 1.47. The van der Waals surface area contributed by atoms with Crippen LogP contribution >= 0.6 is 0 Å². The minimum Gasteiger partial charge on any atom is -0.102 e. The molecular formula is C10H12. The highest BCUT2D eigenvalue weighted by Crippen LogP contribution is 2.52. The molecule has 2 saturated carbocycles. The van der Waals surface area contributed by atoms with Crippen LogP contribution in [-0.2, 0) is 0 Å². The van der Waals surface area contributed by atoms with Crippen molar-refractivity contribution in [3.8, 4) is 0 Å². The molecule has 0 radical (unpaired) electrons. The molecule has 0 bridgehead atoms. The second kappa shape index (κ2) is 1.85. The predicted molar refractivity (Wildman–Crippen MR) is 43.6 cm³/mol. The van der Waals surface area contributed by atoms with Gasteiger partial charge in [0.05, 0.1) is 0 Å². The van der Waals surface area contributed by atoms with E-state index in [0.29, 0.717) is 0 Å². The Morgan fingerprint density at radius 1 is 1.00 bits per heavy atom. The van der Waals surface area contributed by atoms with Gasteiger partial charge < -0.3 is 0 Å². The molecular weight excluding hydrogens is 120 g/mol. The molecule has 2 aliphatic rings. The SMILES string of the molecule is C=CC1C/C1=C1\CC1C=C. The van der Waals surface area contributed by atoms with Crippen molar-refractivity contribution < 1.29 is 0 Å². The predicted octanol–water partition coefficient (Wildman–Crippen LogP) is 2.69. The van der Waals surface area contributed by atoms with E-state index in [-0.39, 0.29) is 0 Å². The Bertz CT molecular complexity index is 196. The van der Waals surface area contributed by atoms with Gasteiger partial charge in [-0.2, -0.15) is 0 Å². The van der Waals surface area contributed by atoms with E-state index in [0.717, 1.165) is 11.8 Å². The van der Waals surface area contributed by atoms with E-state index in [1.54, 1.807) is 11.1 Å². The summed E-state index contributed by atoms with van der Waals surface area (Å²) in [7, 11) is 0. The molecule has 52 valence electrons. The zero-order valence-corrected chi connectivity index (χ0v) is 6.14. The zero-order chi connectivity index (χ0) is 7.14. The van der Waals surface area contributed by atoms with E-state index < -0.39 is 0 Å². The molecule has 0 nitrogen and oxygen atoms in total. The third-order valence-electron chi connectivity index (χ3n) is 2.44. The van der Waals surface area contributed by atoms with Crippen LogP contribution in [-0.4, -0.2) is 0 Å². The van der Waals surface area contributed by atoms with E-state index in [4.69, 9.17) is 0 Å². The summed E-state index contributed by atoms with van der Waals surface area (Å²) < 4.78 is 0. The van der Waals surface area contributed by atoms with Crippen LogP contribution in [0.1, 0.15) is 12.8 Å². The average Bonchev–Trinajstić information content (AvgIpc) is 2.83. The van der Waals surface area contributed by atoms with Crippen LogP contribution in [0.5, 0.6) is 0 Å². The molecule has 2 rings (SSSR count). The summed E-state index contributed by atoms with van der Waals surface area (Å²) in [6, 6.07) is 0. The van der Waals surface area contributed by atoms with Crippen molar-refractivity contribution in [3.63, 3.8) is 0 Å². The van der Waals surface area contributed by atoms with E-state index in [1.807, 2.05) is 0 Å². The largest absolute Gasteiger partial charge is 0.102 e. The maximum atomic E-state index is 3.77. The van der Waals surface area contributed by atoms with Crippen LogP contribution in [0.3, 0.4) is 0 Å². The first-order chi connectivity index (χ1) is 4.86. The van der Waals surface area contributed by atoms with Crippen LogP contribution in [0.15, 0.2) is 36.5 Å². The first-order valence-corrected chi connectivity index (χ1v) is 3.83. The molecule has 0 spiro atoms. The Hall–Kier alpha value is -0.780. The summed E-state index contributed by atoms with van der Waals surface area (Å²) in [5, 5.41) is 0. The molecule has 0 amide bonds. The van der Waals surface area contributed by atoms with Crippen molar-refractivity contribution >= 4 is 0 Å². The van der Waals surface area contributed by atoms with E-state index in [1.165, 1.54) is 12.8 Å². The third kappa shape index (κ3) is 0.756. The second-order valence-corrected chi connectivity index (χ2v) is 3.14. The van der Waals surface area contributed by atoms with Crippen molar-refractivity contribution in [2.75, 3.05) is 0 Å². The first-order valence-electron chi connectivity index (χ1n) is 3.83. The molecule has 0 N–H and O–H groups in total. The molecule has 10 heavy (non-hydrogen) atoms. The van der Waals surface area contributed by atoms with Gasteiger partial charge in [-0.25, -0.2) is 0 Å². The Kier molecular flexibility index (Phi) is 1.10. The van der Waals surface area contributed by atoms with Gasteiger partial charge in [-0.3, -0.25) is 0 Å². The fraction of sp³-hybridized carbons (Fsp3) is 0.400. The maximum absolute atomic E-state index is 3.77. The van der Waals surface area contributed by atoms with Gasteiger partial charge in [0.1, 0.15) is 0 Å². The number of allylic oxidation sites excluding steroid dienone is 4. The summed E-state index contributed by atoms with van der Waals surface area (Å²) >= 11 is 0. The molecule has 2 unspecified atom stereocenters. The maximum Gasteiger partial charge on any atom is 0.00148 e. The number of rotatable bonds is 2. The van der Waals surface area contributed by atoms with Gasteiger partial charge >= 0.3 is 0 Å². The molecule has 0 aromatic rings. The lowest BCUT2D eigenvalue weighted by atomic mass is 10.3. The monoisotopic (exact) mass is 132 g/mol. The summed E-state index contributed by atoms with van der Waals surface area (Å²) in [6.07, 6.45) is 6.67. The lowest BCUT2D eigenvalue weighted by Crippen LogP contribution is -1.62. The van der Waals surface area contributed by atoms with Crippen LogP contribution in [0.2, 0.25) is 0 Å². The van der Waals surface area contributed by atoms with Gasteiger partial charge in [0.15, 0.2) is 0 Å². The van der Waals surface area contributed by atoms with Crippen molar-refractivity contribution in [2.45, 2.75) is 12.8 Å². The zero-order valence-electron chi connectivity index (χ0n) is 6.14. The average molecular weight is 132 g/mol. The fourth-order valence-corrected chi connectivity index (χ4v) is 1.55. The van der Waals surface area contributed by atoms with Crippen molar-refractivity contribution in [3.05, 3.63) is 36.5 Å². The highest BCUT2D eigenvalue weighted by atomic mass is 14.4. The van der Waals surface area contributed by atoms with Crippen LogP contribution in [0.25, 0.3) is 0 Å². The molecule has 2 aliphatic carbocycles. The topological polar surface area (TPSA) is 0 Å². The highest BCUT2D eigenvalue weighted by Gasteiger charge is 2.38. The van der Waals surface area contributed by atoms with E-state index in [9.17, 15) is 0 Å². The quantitative estimate of drug-likeness (QED) is 0.507. The fourth-order valence-electron chi connectivity index (χ4n) is 1.55. The standard InChI is InChI=1S/C10H12/c1-3-7-5-9(7)10-6-8(10)4-2/h3-4,7-8H,1-2,5-6H2/b10-9-. The highest BCUT2D eigenvalue weighted by molar-refractivity contribution is 5.44. The summed E-state index contributed by atoms with van der Waals surface area (Å²) in [5.41, 5.74) is 3.31. The minimum atomic E-state index is 0.736. The van der Waals surface area contributed by atoms with Gasteiger partial charge in [0, 0.05) is 11.8 Å². The van der Waals surface area contributed by atoms with Crippen LogP contribution in [0.4, 0.5) is 0 Å². The summed E-state index contributed by atoms with van der Waals surface area (Å²) in [4.78, 5) is 0. The van der Waals surface area contributed by atoms with Gasteiger partial charge in [-0.05, 0) is 12.8 Å². The van der Waals surface area contributed by atoms with Crippen LogP contribution < -0.4 is 0 Å². The van der Waals surface area contributed by atoms with Crippen molar-refractivity contribution in [1.29, 1.82) is 0 Å². The second-order valence-electron chi connectivity index (χ2n) is 3.14. The molecule has 2 fully saturated rings. The van der Waals surface area contributed by atoms with E-state index in [2.05, 4.69) is 25.3 Å². The minimum absolute atomic E-state index is 0.736. The smallest absolute Gasteiger partial charge is 0.00148 e. The van der Waals surface area contributed by atoms with Crippen LogP contribution in [0, 0.1) is 11.8 Å². The van der Waals surface area contributed by atoms with Gasteiger partial charge in [0.2, 0.25) is 0 Å². The van der Waals surface area contributed by atoms with Gasteiger partial charge in [0.25, 0.3) is 0 Å². The molecule has 0 aliphatic heterocycles. The Balaban J connectivity index is 2.08. The van der Waals surface area contributed by atoms with Gasteiger partial charge in [-0.1, -0.05) is 23.3 Å². The third-order valence-corrected chi connectivity index (χ3v) is 2.44. The first kappa shape index (κ1) is 5.96. The molecule has 0 saturated heterocycles. The number of hydrogen-bond acceptors (Lipinski definition) is 0. The molecule has 0 heteroatoms. The molecule has 0 heterocycles. The lowest BCUT2D eigenvalue weighted by Gasteiger charge is -1.75.